The minimum Gasteiger partial charge on any atom is -0.370 e. The average molecular weight is 460 g/mol. The number of amides is 2. The number of anilines is 1. The topological polar surface area (TPSA) is 79.3 Å². The van der Waals surface area contributed by atoms with E-state index >= 15 is 0 Å². The Hall–Kier alpha value is -2.12. The van der Waals surface area contributed by atoms with Crippen molar-refractivity contribution in [3.05, 3.63) is 23.9 Å². The van der Waals surface area contributed by atoms with Crippen LogP contribution >= 0.6 is 12.4 Å². The van der Waals surface area contributed by atoms with Gasteiger partial charge in [0, 0.05) is 31.9 Å². The molecule has 1 aromatic carbocycles. The second kappa shape index (κ2) is 9.79. The molecule has 0 spiro atoms. The Bertz CT molecular complexity index is 976. The summed E-state index contributed by atoms with van der Waals surface area (Å²) in [5.41, 5.74) is 3.11. The Balaban J connectivity index is 0.00000245. The number of nitrogens with one attached hydrogen (secondary N) is 2. The molecular weight excluding hydrogens is 426 g/mol. The maximum Gasteiger partial charge on any atom is 0.235 e. The number of aryl methyl sites for hydroxylation is 1. The molecule has 3 aliphatic rings. The van der Waals surface area contributed by atoms with Crippen molar-refractivity contribution in [2.75, 3.05) is 31.1 Å². The van der Waals surface area contributed by atoms with Crippen LogP contribution in [0.2, 0.25) is 0 Å². The lowest BCUT2D eigenvalue weighted by molar-refractivity contribution is -0.134. The fourth-order valence-corrected chi connectivity index (χ4v) is 5.81. The summed E-state index contributed by atoms with van der Waals surface area (Å²) in [4.78, 5) is 26.5. The van der Waals surface area contributed by atoms with Crippen LogP contribution in [0, 0.1) is 11.8 Å². The Morgan fingerprint density at radius 2 is 1.75 bits per heavy atom. The first-order valence-corrected chi connectivity index (χ1v) is 11.8. The number of benzene rings is 1. The summed E-state index contributed by atoms with van der Waals surface area (Å²) < 4.78 is 1.92. The van der Waals surface area contributed by atoms with E-state index in [0.717, 1.165) is 41.5 Å². The van der Waals surface area contributed by atoms with E-state index in [0.29, 0.717) is 12.8 Å². The van der Waals surface area contributed by atoms with Gasteiger partial charge < -0.3 is 10.2 Å². The molecule has 2 aromatic rings. The van der Waals surface area contributed by atoms with Crippen LogP contribution in [0.25, 0.3) is 10.9 Å². The van der Waals surface area contributed by atoms with E-state index in [4.69, 9.17) is 5.10 Å². The summed E-state index contributed by atoms with van der Waals surface area (Å²) in [6.45, 7) is 4.52. The quantitative estimate of drug-likeness (QED) is 0.687. The zero-order valence-corrected chi connectivity index (χ0v) is 19.6. The summed E-state index contributed by atoms with van der Waals surface area (Å²) in [6.07, 6.45) is 7.44. The van der Waals surface area contributed by atoms with E-state index in [1.807, 2.05) is 11.7 Å². The molecule has 3 aliphatic heterocycles. The predicted molar refractivity (Wildman–Crippen MR) is 128 cm³/mol. The highest BCUT2D eigenvalue weighted by molar-refractivity contribution is 6.03. The highest BCUT2D eigenvalue weighted by Gasteiger charge is 2.32. The number of aromatic nitrogens is 2. The number of imide groups is 1. The minimum absolute atomic E-state index is 0. The van der Waals surface area contributed by atoms with E-state index in [2.05, 4.69) is 33.7 Å². The summed E-state index contributed by atoms with van der Waals surface area (Å²) in [6, 6.07) is 6.33. The third kappa shape index (κ3) is 4.50. The summed E-state index contributed by atoms with van der Waals surface area (Å²) in [5, 5.41) is 11.7. The van der Waals surface area contributed by atoms with Crippen LogP contribution in [0.1, 0.15) is 56.6 Å². The van der Waals surface area contributed by atoms with Crippen molar-refractivity contribution >= 4 is 40.8 Å². The molecule has 5 rings (SSSR count). The van der Waals surface area contributed by atoms with E-state index < -0.39 is 0 Å². The summed E-state index contributed by atoms with van der Waals surface area (Å²) in [5.74, 6) is 0.973. The highest BCUT2D eigenvalue weighted by Crippen LogP contribution is 2.37. The maximum atomic E-state index is 12.4. The highest BCUT2D eigenvalue weighted by atomic mass is 35.5. The lowest BCUT2D eigenvalue weighted by atomic mass is 9.83. The van der Waals surface area contributed by atoms with Gasteiger partial charge in [-0.15, -0.1) is 12.4 Å². The van der Waals surface area contributed by atoms with Crippen molar-refractivity contribution in [2.45, 2.75) is 50.9 Å². The molecule has 3 fully saturated rings. The largest absolute Gasteiger partial charge is 0.370 e. The first-order valence-electron chi connectivity index (χ1n) is 11.8. The Morgan fingerprint density at radius 3 is 2.47 bits per heavy atom. The van der Waals surface area contributed by atoms with Crippen molar-refractivity contribution < 1.29 is 9.59 Å². The molecule has 3 saturated heterocycles. The van der Waals surface area contributed by atoms with Gasteiger partial charge in [-0.3, -0.25) is 19.6 Å². The third-order valence-electron chi connectivity index (χ3n) is 7.52. The van der Waals surface area contributed by atoms with Gasteiger partial charge in [0.2, 0.25) is 11.8 Å². The van der Waals surface area contributed by atoms with Crippen molar-refractivity contribution in [1.29, 1.82) is 0 Å². The Morgan fingerprint density at radius 1 is 1.03 bits per heavy atom. The van der Waals surface area contributed by atoms with E-state index in [1.165, 1.54) is 50.9 Å². The number of rotatable bonds is 4. The molecule has 2 amide bonds. The fraction of sp³-hybridized carbons (Fsp3) is 0.625. The number of carbonyl (C=O) groups excluding carboxylic acids is 2. The zero-order valence-electron chi connectivity index (χ0n) is 18.8. The standard InChI is InChI=1S/C24H33N5O2.ClH/c1-28-23-18(22(27-28)19-5-6-21(30)26-24(19)31)3-2-4-20(23)29-13-9-17(10-14-29)15-16-7-11-25-12-8-16;/h2-4,16-17,19,25H,5-15H2,1H3,(H,26,30,31);1H. The number of carbonyl (C=O) groups is 2. The molecule has 0 saturated carbocycles. The molecule has 4 heterocycles. The van der Waals surface area contributed by atoms with Gasteiger partial charge in [-0.05, 0) is 69.5 Å². The van der Waals surface area contributed by atoms with Crippen LogP contribution in [0.15, 0.2) is 18.2 Å². The van der Waals surface area contributed by atoms with Crippen molar-refractivity contribution in [2.24, 2.45) is 18.9 Å². The number of nitrogens with zero attached hydrogens (tertiary/aromatic N) is 3. The van der Waals surface area contributed by atoms with Gasteiger partial charge in [-0.2, -0.15) is 5.10 Å². The van der Waals surface area contributed by atoms with Crippen molar-refractivity contribution in [3.8, 4) is 0 Å². The molecule has 174 valence electrons. The van der Waals surface area contributed by atoms with Crippen molar-refractivity contribution in [1.82, 2.24) is 20.4 Å². The number of piperidine rings is 3. The molecule has 1 aromatic heterocycles. The fourth-order valence-electron chi connectivity index (χ4n) is 5.81. The van der Waals surface area contributed by atoms with Crippen LogP contribution in [-0.4, -0.2) is 47.8 Å². The van der Waals surface area contributed by atoms with Gasteiger partial charge in [-0.1, -0.05) is 12.1 Å². The van der Waals surface area contributed by atoms with Crippen LogP contribution in [0.4, 0.5) is 5.69 Å². The SMILES string of the molecule is Cl.Cn1nc(C2CCC(=O)NC2=O)c2cccc(N3CCC(CC4CCNCC4)CC3)c21. The van der Waals surface area contributed by atoms with E-state index in [1.54, 1.807) is 0 Å². The second-order valence-corrected chi connectivity index (χ2v) is 9.55. The lowest BCUT2D eigenvalue weighted by Crippen LogP contribution is -2.39. The molecule has 0 bridgehead atoms. The number of para-hydroxylation sites is 1. The first kappa shape index (κ1) is 23.1. The van der Waals surface area contributed by atoms with Gasteiger partial charge in [0.25, 0.3) is 0 Å². The number of hydrogen-bond donors (Lipinski definition) is 2. The maximum absolute atomic E-state index is 12.4. The molecule has 8 heteroatoms. The Kier molecular flexibility index (Phi) is 7.05. The summed E-state index contributed by atoms with van der Waals surface area (Å²) >= 11 is 0. The van der Waals surface area contributed by atoms with E-state index in [-0.39, 0.29) is 30.1 Å². The molecular formula is C24H34ClN5O2. The summed E-state index contributed by atoms with van der Waals surface area (Å²) in [7, 11) is 1.96. The monoisotopic (exact) mass is 459 g/mol. The third-order valence-corrected chi connectivity index (χ3v) is 7.52. The predicted octanol–water partition coefficient (Wildman–Crippen LogP) is 3.12. The molecule has 7 nitrogen and oxygen atoms in total. The van der Waals surface area contributed by atoms with E-state index in [9.17, 15) is 9.59 Å². The Labute approximate surface area is 195 Å². The first-order chi connectivity index (χ1) is 15.1. The van der Waals surface area contributed by atoms with Crippen LogP contribution in [0.3, 0.4) is 0 Å². The minimum atomic E-state index is -0.354. The number of halogens is 1. The van der Waals surface area contributed by atoms with Crippen LogP contribution < -0.4 is 15.5 Å². The van der Waals surface area contributed by atoms with Gasteiger partial charge in [0.1, 0.15) is 0 Å². The average Bonchev–Trinajstić information content (AvgIpc) is 3.12. The molecule has 2 N–H and O–H groups in total. The molecule has 32 heavy (non-hydrogen) atoms. The number of hydrogen-bond acceptors (Lipinski definition) is 5. The second-order valence-electron chi connectivity index (χ2n) is 9.55. The van der Waals surface area contributed by atoms with Gasteiger partial charge >= 0.3 is 0 Å². The van der Waals surface area contributed by atoms with Crippen molar-refractivity contribution in [3.63, 3.8) is 0 Å². The van der Waals surface area contributed by atoms with Crippen LogP contribution in [-0.2, 0) is 16.6 Å². The zero-order chi connectivity index (χ0) is 21.4. The lowest BCUT2D eigenvalue weighted by Gasteiger charge is -2.36. The molecule has 1 atom stereocenters. The van der Waals surface area contributed by atoms with Gasteiger partial charge in [0.05, 0.1) is 22.8 Å². The van der Waals surface area contributed by atoms with Crippen LogP contribution in [0.5, 0.6) is 0 Å². The molecule has 0 radical (unpaired) electrons. The molecule has 0 aliphatic carbocycles. The number of fused-ring (bicyclic) bond motifs is 1. The van der Waals surface area contributed by atoms with Gasteiger partial charge in [0.15, 0.2) is 0 Å². The van der Waals surface area contributed by atoms with Gasteiger partial charge in [-0.25, -0.2) is 0 Å². The molecule has 1 unspecified atom stereocenters. The smallest absolute Gasteiger partial charge is 0.235 e. The normalized spacial score (nSPS) is 23.3.